The maximum absolute atomic E-state index is 14.3. The van der Waals surface area contributed by atoms with E-state index in [1.54, 1.807) is 0 Å². The maximum Gasteiger partial charge on any atom is 0.266 e. The number of hydrogen-bond acceptors (Lipinski definition) is 6. The summed E-state index contributed by atoms with van der Waals surface area (Å²) < 4.78 is 13.3. The molecule has 1 aliphatic heterocycles. The van der Waals surface area contributed by atoms with Gasteiger partial charge in [0, 0.05) is 36.0 Å². The highest BCUT2D eigenvalue weighted by Gasteiger charge is 2.53. The van der Waals surface area contributed by atoms with Crippen LogP contribution in [0.4, 0.5) is 0 Å². The smallest absolute Gasteiger partial charge is 0.266 e. The molecule has 1 amide bonds. The number of hydrazine groups is 1. The predicted octanol–water partition coefficient (Wildman–Crippen LogP) is 7.19. The largest absolute Gasteiger partial charge is 0.494 e. The van der Waals surface area contributed by atoms with Crippen molar-refractivity contribution < 1.29 is 19.4 Å². The summed E-state index contributed by atoms with van der Waals surface area (Å²) in [5.41, 5.74) is 9.55. The van der Waals surface area contributed by atoms with Gasteiger partial charge in [0.1, 0.15) is 5.75 Å². The highest BCUT2D eigenvalue weighted by Crippen LogP contribution is 2.43. The third-order valence-electron chi connectivity index (χ3n) is 7.88. The van der Waals surface area contributed by atoms with Crippen molar-refractivity contribution in [2.75, 3.05) is 19.8 Å². The molecule has 4 aromatic carbocycles. The highest BCUT2D eigenvalue weighted by atomic mass is 79.9. The lowest BCUT2D eigenvalue weighted by Gasteiger charge is -2.31. The van der Waals surface area contributed by atoms with Crippen LogP contribution in [0.3, 0.4) is 0 Å². The number of unbranched alkanes of at least 4 members (excludes halogenated alkanes) is 2. The minimum absolute atomic E-state index is 0.0750. The molecule has 0 aromatic heterocycles. The van der Waals surface area contributed by atoms with Crippen LogP contribution in [0.15, 0.2) is 113 Å². The minimum Gasteiger partial charge on any atom is -0.494 e. The SMILES string of the molecule is CCCCCNNC(=O)[C@@]1(Cc2ccccc2Br)N=C(c2ccc(OCCCO)cc2)O[C@H]1c1ccc(-c2ccccc2)cc1. The lowest BCUT2D eigenvalue weighted by molar-refractivity contribution is -0.130. The zero-order valence-electron chi connectivity index (χ0n) is 25.5. The summed E-state index contributed by atoms with van der Waals surface area (Å²) >= 11 is 3.70. The number of nitrogens with zero attached hydrogens (tertiary/aromatic N) is 1. The molecule has 3 N–H and O–H groups in total. The molecule has 1 heterocycles. The second kappa shape index (κ2) is 15.8. The molecule has 0 aliphatic carbocycles. The highest BCUT2D eigenvalue weighted by molar-refractivity contribution is 9.10. The average molecular weight is 671 g/mol. The van der Waals surface area contributed by atoms with Gasteiger partial charge in [0.25, 0.3) is 5.91 Å². The first kappa shape index (κ1) is 32.4. The Morgan fingerprint density at radius 3 is 2.29 bits per heavy atom. The monoisotopic (exact) mass is 669 g/mol. The van der Waals surface area contributed by atoms with Crippen molar-refractivity contribution in [3.63, 3.8) is 0 Å². The van der Waals surface area contributed by atoms with Gasteiger partial charge in [-0.2, -0.15) is 0 Å². The molecule has 4 aromatic rings. The predicted molar refractivity (Wildman–Crippen MR) is 182 cm³/mol. The van der Waals surface area contributed by atoms with E-state index in [1.807, 2.05) is 78.9 Å². The Morgan fingerprint density at radius 2 is 1.58 bits per heavy atom. The molecule has 0 saturated heterocycles. The number of benzene rings is 4. The van der Waals surface area contributed by atoms with E-state index >= 15 is 0 Å². The first-order valence-corrected chi connectivity index (χ1v) is 16.4. The second-order valence-electron chi connectivity index (χ2n) is 11.1. The van der Waals surface area contributed by atoms with Gasteiger partial charge >= 0.3 is 0 Å². The summed E-state index contributed by atoms with van der Waals surface area (Å²) in [6, 6.07) is 33.8. The molecule has 0 bridgehead atoms. The van der Waals surface area contributed by atoms with Gasteiger partial charge in [-0.05, 0) is 59.0 Å². The zero-order chi connectivity index (χ0) is 31.5. The fourth-order valence-electron chi connectivity index (χ4n) is 5.41. The molecule has 5 rings (SSSR count). The Labute approximate surface area is 273 Å². The molecular formula is C37H40BrN3O4. The fraction of sp³-hybridized carbons (Fsp3) is 0.297. The van der Waals surface area contributed by atoms with E-state index in [0.29, 0.717) is 37.6 Å². The van der Waals surface area contributed by atoms with Crippen molar-refractivity contribution >= 4 is 27.7 Å². The molecule has 8 heteroatoms. The topological polar surface area (TPSA) is 92.2 Å². The number of ether oxygens (including phenoxy) is 2. The quantitative estimate of drug-likeness (QED) is 0.0921. The lowest BCUT2D eigenvalue weighted by Crippen LogP contribution is -2.54. The van der Waals surface area contributed by atoms with Gasteiger partial charge in [0.05, 0.1) is 6.61 Å². The molecule has 0 fully saturated rings. The molecule has 1 aliphatic rings. The van der Waals surface area contributed by atoms with Crippen LogP contribution in [0.5, 0.6) is 5.75 Å². The molecular weight excluding hydrogens is 630 g/mol. The number of aliphatic hydroxyl groups excluding tert-OH is 1. The number of aliphatic imine (C=N–C) groups is 1. The van der Waals surface area contributed by atoms with Gasteiger partial charge in [-0.25, -0.2) is 10.4 Å². The van der Waals surface area contributed by atoms with E-state index in [1.165, 1.54) is 0 Å². The fourth-order valence-corrected chi connectivity index (χ4v) is 5.83. The molecule has 0 unspecified atom stereocenters. The third kappa shape index (κ3) is 8.00. The van der Waals surface area contributed by atoms with Crippen molar-refractivity contribution in [2.45, 2.75) is 50.7 Å². The van der Waals surface area contributed by atoms with E-state index in [9.17, 15) is 4.79 Å². The summed E-state index contributed by atoms with van der Waals surface area (Å²) in [4.78, 5) is 19.5. The third-order valence-corrected chi connectivity index (χ3v) is 8.65. The Hall–Kier alpha value is -3.98. The Morgan fingerprint density at radius 1 is 0.889 bits per heavy atom. The Kier molecular flexibility index (Phi) is 11.4. The van der Waals surface area contributed by atoms with Gasteiger partial charge in [0.2, 0.25) is 5.90 Å². The summed E-state index contributed by atoms with van der Waals surface area (Å²) in [5.74, 6) is 0.820. The standard InChI is InChI=1S/C37H40BrN3O4/c1-2-3-9-23-39-41-36(43)37(26-31-13-7-8-14-33(31)38)34(29-17-15-28(16-18-29)27-11-5-4-6-12-27)45-35(40-37)30-19-21-32(22-20-30)44-25-10-24-42/h4-8,11-22,34,39,42H,2-3,9-10,23-26H2,1H3,(H,41,43)/t34-,37-/m0/s1. The van der Waals surface area contributed by atoms with Gasteiger partial charge in [-0.15, -0.1) is 0 Å². The van der Waals surface area contributed by atoms with Crippen LogP contribution in [-0.4, -0.2) is 42.2 Å². The molecule has 45 heavy (non-hydrogen) atoms. The molecule has 0 radical (unpaired) electrons. The van der Waals surface area contributed by atoms with Gasteiger partial charge < -0.3 is 14.6 Å². The van der Waals surface area contributed by atoms with Gasteiger partial charge in [-0.3, -0.25) is 10.2 Å². The van der Waals surface area contributed by atoms with E-state index in [0.717, 1.165) is 51.6 Å². The van der Waals surface area contributed by atoms with Crippen LogP contribution in [-0.2, 0) is 16.0 Å². The van der Waals surface area contributed by atoms with Crippen LogP contribution in [0.1, 0.15) is 55.4 Å². The van der Waals surface area contributed by atoms with Gasteiger partial charge in [0.15, 0.2) is 11.6 Å². The van der Waals surface area contributed by atoms with E-state index in [4.69, 9.17) is 19.6 Å². The summed E-state index contributed by atoms with van der Waals surface area (Å²) in [7, 11) is 0. The van der Waals surface area contributed by atoms with Crippen molar-refractivity contribution in [1.82, 2.24) is 10.9 Å². The van der Waals surface area contributed by atoms with E-state index in [-0.39, 0.29) is 12.5 Å². The molecule has 2 atom stereocenters. The Bertz CT molecular complexity index is 1560. The number of rotatable bonds is 15. The minimum atomic E-state index is -1.30. The van der Waals surface area contributed by atoms with Gasteiger partial charge in [-0.1, -0.05) is 108 Å². The number of halogens is 1. The first-order valence-electron chi connectivity index (χ1n) is 15.6. The van der Waals surface area contributed by atoms with Crippen molar-refractivity contribution in [1.29, 1.82) is 0 Å². The van der Waals surface area contributed by atoms with Crippen molar-refractivity contribution in [3.8, 4) is 16.9 Å². The lowest BCUT2D eigenvalue weighted by atomic mass is 9.82. The summed E-state index contributed by atoms with van der Waals surface area (Å²) in [6.07, 6.45) is 3.30. The Balaban J connectivity index is 1.53. The molecule has 0 spiro atoms. The number of nitrogens with one attached hydrogen (secondary N) is 2. The normalized spacial score (nSPS) is 17.4. The number of carbonyl (C=O) groups excluding carboxylic acids is 1. The average Bonchev–Trinajstić information content (AvgIpc) is 3.47. The van der Waals surface area contributed by atoms with Crippen molar-refractivity contribution in [3.05, 3.63) is 124 Å². The van der Waals surface area contributed by atoms with E-state index < -0.39 is 11.6 Å². The molecule has 234 valence electrons. The zero-order valence-corrected chi connectivity index (χ0v) is 27.1. The summed E-state index contributed by atoms with van der Waals surface area (Å²) in [5, 5.41) is 9.08. The van der Waals surface area contributed by atoms with Crippen LogP contribution in [0.2, 0.25) is 0 Å². The van der Waals surface area contributed by atoms with Crippen molar-refractivity contribution in [2.24, 2.45) is 4.99 Å². The number of amides is 1. The van der Waals surface area contributed by atoms with Crippen LogP contribution in [0.25, 0.3) is 11.1 Å². The molecule has 0 saturated carbocycles. The number of aliphatic hydroxyl groups is 1. The number of hydrogen-bond donors (Lipinski definition) is 3. The van der Waals surface area contributed by atoms with Crippen LogP contribution in [0, 0.1) is 0 Å². The maximum atomic E-state index is 14.3. The van der Waals surface area contributed by atoms with E-state index in [2.05, 4.69) is 58.0 Å². The second-order valence-corrected chi connectivity index (χ2v) is 12.0. The first-order chi connectivity index (χ1) is 22.0. The molecule has 7 nitrogen and oxygen atoms in total. The number of carbonyl (C=O) groups is 1. The van der Waals surface area contributed by atoms with Crippen LogP contribution >= 0.6 is 15.9 Å². The van der Waals surface area contributed by atoms with Crippen LogP contribution < -0.4 is 15.6 Å². The summed E-state index contributed by atoms with van der Waals surface area (Å²) in [6.45, 7) is 3.32.